The molecular formula is C10H7F2NO5. The van der Waals surface area contributed by atoms with Gasteiger partial charge in [-0.1, -0.05) is 0 Å². The third kappa shape index (κ3) is 2.22. The Balaban J connectivity index is 2.49. The molecule has 18 heavy (non-hydrogen) atoms. The normalized spacial score (nSPS) is 15.5. The van der Waals surface area contributed by atoms with Gasteiger partial charge in [0.05, 0.1) is 11.0 Å². The smallest absolute Gasteiger partial charge is 0.395 e. The van der Waals surface area contributed by atoms with Gasteiger partial charge in [-0.3, -0.25) is 14.9 Å². The number of benzene rings is 1. The van der Waals surface area contributed by atoms with E-state index in [9.17, 15) is 23.7 Å². The molecule has 0 saturated carbocycles. The summed E-state index contributed by atoms with van der Waals surface area (Å²) in [5.74, 6) is -1.07. The summed E-state index contributed by atoms with van der Waals surface area (Å²) < 4.78 is 33.8. The average molecular weight is 259 g/mol. The Labute approximate surface area is 99.3 Å². The molecule has 0 radical (unpaired) electrons. The molecule has 0 aromatic heterocycles. The molecule has 1 heterocycles. The molecule has 0 N–H and O–H groups in total. The van der Waals surface area contributed by atoms with Gasteiger partial charge in [0.15, 0.2) is 11.5 Å². The molecule has 2 rings (SSSR count). The molecule has 0 aliphatic carbocycles. The first kappa shape index (κ1) is 12.2. The molecule has 6 nitrogen and oxygen atoms in total. The lowest BCUT2D eigenvalue weighted by Crippen LogP contribution is -2.25. The SMILES string of the molecule is CC(=O)Cc1cc2c(cc1[N+](=O)[O-])OC(F)(F)O2. The minimum atomic E-state index is -3.84. The Morgan fingerprint density at radius 2 is 1.94 bits per heavy atom. The van der Waals surface area contributed by atoms with Crippen LogP contribution in [0.1, 0.15) is 12.5 Å². The van der Waals surface area contributed by atoms with Crippen LogP contribution in [-0.4, -0.2) is 17.0 Å². The Bertz CT molecular complexity index is 543. The van der Waals surface area contributed by atoms with Crippen LogP contribution in [0.2, 0.25) is 0 Å². The first-order valence-electron chi connectivity index (χ1n) is 4.85. The van der Waals surface area contributed by atoms with Gasteiger partial charge >= 0.3 is 6.29 Å². The predicted octanol–water partition coefficient (Wildman–Crippen LogP) is 2.05. The van der Waals surface area contributed by atoms with Gasteiger partial charge in [-0.05, 0) is 13.0 Å². The van der Waals surface area contributed by atoms with Crippen molar-refractivity contribution in [3.8, 4) is 11.5 Å². The van der Waals surface area contributed by atoms with Gasteiger partial charge in [0.2, 0.25) is 0 Å². The van der Waals surface area contributed by atoms with Crippen LogP contribution in [0.3, 0.4) is 0 Å². The second-order valence-electron chi connectivity index (χ2n) is 3.73. The molecule has 1 aliphatic heterocycles. The average Bonchev–Trinajstić information content (AvgIpc) is 2.48. The molecule has 0 spiro atoms. The molecule has 0 atom stereocenters. The summed E-state index contributed by atoms with van der Waals surface area (Å²) in [6.45, 7) is 1.24. The summed E-state index contributed by atoms with van der Waals surface area (Å²) in [5, 5.41) is 10.8. The van der Waals surface area contributed by atoms with Crippen LogP contribution in [0.15, 0.2) is 12.1 Å². The summed E-state index contributed by atoms with van der Waals surface area (Å²) in [6, 6.07) is 1.85. The number of ketones is 1. The minimum absolute atomic E-state index is 0.00699. The summed E-state index contributed by atoms with van der Waals surface area (Å²) in [4.78, 5) is 21.0. The Kier molecular flexibility index (Phi) is 2.64. The van der Waals surface area contributed by atoms with Crippen LogP contribution >= 0.6 is 0 Å². The zero-order valence-corrected chi connectivity index (χ0v) is 9.11. The Morgan fingerprint density at radius 3 is 2.44 bits per heavy atom. The van der Waals surface area contributed by atoms with Crippen LogP contribution in [0, 0.1) is 10.1 Å². The highest BCUT2D eigenvalue weighted by molar-refractivity contribution is 5.80. The summed E-state index contributed by atoms with van der Waals surface area (Å²) in [7, 11) is 0. The molecule has 0 unspecified atom stereocenters. The van der Waals surface area contributed by atoms with E-state index in [1.807, 2.05) is 0 Å². The molecule has 1 aromatic carbocycles. The molecular weight excluding hydrogens is 252 g/mol. The van der Waals surface area contributed by atoms with E-state index in [-0.39, 0.29) is 23.5 Å². The van der Waals surface area contributed by atoms with Crippen molar-refractivity contribution in [2.24, 2.45) is 0 Å². The van der Waals surface area contributed by atoms with Crippen LogP contribution in [-0.2, 0) is 11.2 Å². The lowest BCUT2D eigenvalue weighted by Gasteiger charge is -2.04. The number of carbonyl (C=O) groups is 1. The lowest BCUT2D eigenvalue weighted by atomic mass is 10.1. The second kappa shape index (κ2) is 3.90. The van der Waals surface area contributed by atoms with E-state index < -0.39 is 22.7 Å². The fraction of sp³-hybridized carbons (Fsp3) is 0.300. The standard InChI is InChI=1S/C10H7F2NO5/c1-5(14)2-6-3-8-9(4-7(6)13(15)16)18-10(11,12)17-8/h3-4H,2H2,1H3. The molecule has 0 amide bonds. The quantitative estimate of drug-likeness (QED) is 0.613. The summed E-state index contributed by atoms with van der Waals surface area (Å²) in [6.07, 6.45) is -4.08. The number of rotatable bonds is 3. The van der Waals surface area contributed by atoms with Gasteiger partial charge in [-0.2, -0.15) is 0 Å². The van der Waals surface area contributed by atoms with E-state index >= 15 is 0 Å². The molecule has 1 aliphatic rings. The van der Waals surface area contributed by atoms with Crippen LogP contribution < -0.4 is 9.47 Å². The van der Waals surface area contributed by atoms with Crippen molar-refractivity contribution in [1.82, 2.24) is 0 Å². The summed E-state index contributed by atoms with van der Waals surface area (Å²) in [5.41, 5.74) is -0.446. The van der Waals surface area contributed by atoms with E-state index in [1.165, 1.54) is 6.92 Å². The zero-order chi connectivity index (χ0) is 13.5. The van der Waals surface area contributed by atoms with Gasteiger partial charge in [0.1, 0.15) is 5.78 Å². The topological polar surface area (TPSA) is 78.7 Å². The number of fused-ring (bicyclic) bond motifs is 1. The van der Waals surface area contributed by atoms with Crippen LogP contribution in [0.5, 0.6) is 11.5 Å². The third-order valence-electron chi connectivity index (χ3n) is 2.24. The van der Waals surface area contributed by atoms with Gasteiger partial charge < -0.3 is 9.47 Å². The number of hydrogen-bond acceptors (Lipinski definition) is 5. The largest absolute Gasteiger partial charge is 0.586 e. The molecule has 0 saturated heterocycles. The number of nitro benzene ring substituents is 1. The molecule has 96 valence electrons. The highest BCUT2D eigenvalue weighted by atomic mass is 19.3. The number of ether oxygens (including phenoxy) is 2. The van der Waals surface area contributed by atoms with Crippen molar-refractivity contribution < 1.29 is 28.0 Å². The van der Waals surface area contributed by atoms with Crippen molar-refractivity contribution in [1.29, 1.82) is 0 Å². The maximum Gasteiger partial charge on any atom is 0.586 e. The number of carbonyl (C=O) groups excluding carboxylic acids is 1. The minimum Gasteiger partial charge on any atom is -0.395 e. The highest BCUT2D eigenvalue weighted by Gasteiger charge is 2.44. The second-order valence-corrected chi connectivity index (χ2v) is 3.73. The maximum absolute atomic E-state index is 12.8. The van der Waals surface area contributed by atoms with E-state index in [0.717, 1.165) is 12.1 Å². The molecule has 1 aromatic rings. The number of Topliss-reactive ketones (excluding diaryl/α,β-unsaturated/α-hetero) is 1. The number of nitrogens with zero attached hydrogens (tertiary/aromatic N) is 1. The van der Waals surface area contributed by atoms with E-state index in [2.05, 4.69) is 9.47 Å². The third-order valence-corrected chi connectivity index (χ3v) is 2.24. The first-order chi connectivity index (χ1) is 8.28. The van der Waals surface area contributed by atoms with Crippen LogP contribution in [0.4, 0.5) is 14.5 Å². The van der Waals surface area contributed by atoms with Gasteiger partial charge in [0, 0.05) is 12.0 Å². The monoisotopic (exact) mass is 259 g/mol. The fourth-order valence-electron chi connectivity index (χ4n) is 1.61. The van der Waals surface area contributed by atoms with Crippen molar-refractivity contribution in [2.45, 2.75) is 19.6 Å². The van der Waals surface area contributed by atoms with Gasteiger partial charge in [-0.15, -0.1) is 8.78 Å². The molecule has 0 fully saturated rings. The van der Waals surface area contributed by atoms with E-state index in [4.69, 9.17) is 0 Å². The number of halogens is 2. The van der Waals surface area contributed by atoms with E-state index in [0.29, 0.717) is 0 Å². The van der Waals surface area contributed by atoms with Crippen molar-refractivity contribution >= 4 is 11.5 Å². The van der Waals surface area contributed by atoms with Crippen molar-refractivity contribution in [2.75, 3.05) is 0 Å². The fourth-order valence-corrected chi connectivity index (χ4v) is 1.61. The first-order valence-corrected chi connectivity index (χ1v) is 4.85. The zero-order valence-electron chi connectivity index (χ0n) is 9.11. The lowest BCUT2D eigenvalue weighted by molar-refractivity contribution is -0.385. The van der Waals surface area contributed by atoms with Crippen molar-refractivity contribution in [3.05, 3.63) is 27.8 Å². The Morgan fingerprint density at radius 1 is 1.39 bits per heavy atom. The molecule has 8 heteroatoms. The van der Waals surface area contributed by atoms with Gasteiger partial charge in [0.25, 0.3) is 5.69 Å². The number of nitro groups is 1. The van der Waals surface area contributed by atoms with Crippen LogP contribution in [0.25, 0.3) is 0 Å². The number of hydrogen-bond donors (Lipinski definition) is 0. The predicted molar refractivity (Wildman–Crippen MR) is 53.7 cm³/mol. The van der Waals surface area contributed by atoms with Crippen molar-refractivity contribution in [3.63, 3.8) is 0 Å². The van der Waals surface area contributed by atoms with Gasteiger partial charge in [-0.25, -0.2) is 0 Å². The molecule has 0 bridgehead atoms. The van der Waals surface area contributed by atoms with E-state index in [1.54, 1.807) is 0 Å². The highest BCUT2D eigenvalue weighted by Crippen LogP contribution is 2.44. The Hall–Kier alpha value is -2.25. The maximum atomic E-state index is 12.8. The summed E-state index contributed by atoms with van der Waals surface area (Å²) >= 11 is 0. The number of alkyl halides is 2.